The third kappa shape index (κ3) is 5.98. The molecule has 4 aromatic carbocycles. The van der Waals surface area contributed by atoms with Crippen LogP contribution in [0, 0.1) is 17.1 Å². The minimum atomic E-state index is -0.577. The molecule has 0 saturated heterocycles. The fraction of sp³-hybridized carbons (Fsp3) is 0.152. The summed E-state index contributed by atoms with van der Waals surface area (Å²) >= 11 is 0. The van der Waals surface area contributed by atoms with E-state index in [1.165, 1.54) is 19.2 Å². The monoisotopic (exact) mass is 566 g/mol. The summed E-state index contributed by atoms with van der Waals surface area (Å²) < 4.78 is 41.6. The molecule has 9 heteroatoms. The highest BCUT2D eigenvalue weighted by molar-refractivity contribution is 5.91. The summed E-state index contributed by atoms with van der Waals surface area (Å²) in [6, 6.07) is 25.1. The molecule has 0 radical (unpaired) electrons. The largest absolute Gasteiger partial charge is 0.494 e. The topological polar surface area (TPSA) is 113 Å². The van der Waals surface area contributed by atoms with Gasteiger partial charge >= 0.3 is 5.97 Å². The zero-order valence-electron chi connectivity index (χ0n) is 22.9. The van der Waals surface area contributed by atoms with E-state index in [9.17, 15) is 14.4 Å². The van der Waals surface area contributed by atoms with Gasteiger partial charge in [-0.05, 0) is 66.6 Å². The maximum Gasteiger partial charge on any atom is 0.343 e. The van der Waals surface area contributed by atoms with E-state index in [-0.39, 0.29) is 29.6 Å². The van der Waals surface area contributed by atoms with Crippen molar-refractivity contribution in [3.05, 3.63) is 124 Å². The number of fused-ring (bicyclic) bond motifs is 1. The third-order valence-electron chi connectivity index (χ3n) is 6.61. The van der Waals surface area contributed by atoms with Crippen molar-refractivity contribution in [2.24, 2.45) is 5.73 Å². The van der Waals surface area contributed by atoms with Gasteiger partial charge < -0.3 is 29.4 Å². The Morgan fingerprint density at radius 1 is 0.976 bits per heavy atom. The summed E-state index contributed by atoms with van der Waals surface area (Å²) in [6.45, 7) is 2.54. The summed E-state index contributed by atoms with van der Waals surface area (Å²) in [5.41, 5.74) is 8.89. The first-order valence-electron chi connectivity index (χ1n) is 13.1. The van der Waals surface area contributed by atoms with Crippen LogP contribution in [-0.4, -0.2) is 19.7 Å². The van der Waals surface area contributed by atoms with Crippen molar-refractivity contribution in [2.75, 3.05) is 13.7 Å². The summed E-state index contributed by atoms with van der Waals surface area (Å²) in [5.74, 6) is 0.553. The van der Waals surface area contributed by atoms with Crippen LogP contribution in [0.25, 0.3) is 0 Å². The van der Waals surface area contributed by atoms with E-state index in [0.29, 0.717) is 46.3 Å². The molecular weight excluding hydrogens is 539 g/mol. The Balaban J connectivity index is 1.41. The lowest BCUT2D eigenvalue weighted by Crippen LogP contribution is -2.21. The molecule has 0 amide bonds. The number of allylic oxidation sites excluding steroid dienone is 1. The molecule has 1 aliphatic rings. The van der Waals surface area contributed by atoms with Gasteiger partial charge in [0, 0.05) is 11.6 Å². The van der Waals surface area contributed by atoms with E-state index >= 15 is 0 Å². The molecule has 4 aromatic rings. The van der Waals surface area contributed by atoms with Crippen molar-refractivity contribution in [1.29, 1.82) is 5.26 Å². The second-order valence-corrected chi connectivity index (χ2v) is 9.30. The number of methoxy groups -OCH3 is 1. The Bertz CT molecular complexity index is 1690. The number of nitrogens with zero attached hydrogens (tertiary/aromatic N) is 1. The number of carbonyl (C=O) groups excluding carboxylic acids is 1. The Hall–Kier alpha value is -5.49. The average molecular weight is 567 g/mol. The molecule has 1 aliphatic heterocycles. The summed E-state index contributed by atoms with van der Waals surface area (Å²) in [7, 11) is 1.52. The Morgan fingerprint density at radius 2 is 1.79 bits per heavy atom. The lowest BCUT2D eigenvalue weighted by Gasteiger charge is -2.27. The van der Waals surface area contributed by atoms with E-state index in [4.69, 9.17) is 29.4 Å². The Labute approximate surface area is 242 Å². The van der Waals surface area contributed by atoms with Crippen molar-refractivity contribution in [1.82, 2.24) is 0 Å². The van der Waals surface area contributed by atoms with E-state index in [0.717, 1.165) is 5.56 Å². The van der Waals surface area contributed by atoms with Gasteiger partial charge in [0.25, 0.3) is 0 Å². The standard InChI is InChI=1S/C33H27FN2O6/c1-3-39-24-6-4-5-22(15-24)33(37)41-25-12-13-26-29(17-25)42-32(36)27(18-35)31(26)21-9-14-28(30(16-21)38-2)40-19-20-7-10-23(34)11-8-20/h4-17,31H,3,19,36H2,1-2H3. The molecule has 1 atom stereocenters. The van der Waals surface area contributed by atoms with Crippen LogP contribution < -0.4 is 29.4 Å². The fourth-order valence-corrected chi connectivity index (χ4v) is 4.61. The predicted molar refractivity (Wildman–Crippen MR) is 152 cm³/mol. The number of nitrogens with two attached hydrogens (primary N) is 1. The van der Waals surface area contributed by atoms with Gasteiger partial charge in [-0.25, -0.2) is 9.18 Å². The van der Waals surface area contributed by atoms with Gasteiger partial charge in [0.05, 0.1) is 25.2 Å². The number of esters is 1. The van der Waals surface area contributed by atoms with Crippen LogP contribution in [0.15, 0.2) is 96.4 Å². The van der Waals surface area contributed by atoms with Crippen LogP contribution in [-0.2, 0) is 6.61 Å². The molecule has 42 heavy (non-hydrogen) atoms. The van der Waals surface area contributed by atoms with Gasteiger partial charge in [-0.2, -0.15) is 5.26 Å². The van der Waals surface area contributed by atoms with Crippen LogP contribution in [0.2, 0.25) is 0 Å². The number of rotatable bonds is 9. The molecule has 0 aromatic heterocycles. The molecule has 212 valence electrons. The van der Waals surface area contributed by atoms with E-state index in [1.807, 2.05) is 13.0 Å². The SMILES string of the molecule is CCOc1cccc(C(=O)Oc2ccc3c(c2)OC(N)=C(C#N)C3c2ccc(OCc3ccc(F)cc3)c(OC)c2)c1. The minimum absolute atomic E-state index is 0.0569. The van der Waals surface area contributed by atoms with E-state index in [1.54, 1.807) is 66.7 Å². The van der Waals surface area contributed by atoms with Crippen LogP contribution in [0.1, 0.15) is 39.9 Å². The molecule has 0 saturated carbocycles. The number of carbonyl (C=O) groups is 1. The zero-order chi connectivity index (χ0) is 29.6. The number of ether oxygens (including phenoxy) is 5. The lowest BCUT2D eigenvalue weighted by atomic mass is 9.83. The fourth-order valence-electron chi connectivity index (χ4n) is 4.61. The molecule has 0 bridgehead atoms. The van der Waals surface area contributed by atoms with Crippen LogP contribution in [0.5, 0.6) is 28.7 Å². The van der Waals surface area contributed by atoms with Crippen molar-refractivity contribution in [2.45, 2.75) is 19.4 Å². The number of halogens is 1. The van der Waals surface area contributed by atoms with Gasteiger partial charge in [-0.3, -0.25) is 0 Å². The highest BCUT2D eigenvalue weighted by Crippen LogP contribution is 2.45. The quantitative estimate of drug-likeness (QED) is 0.187. The van der Waals surface area contributed by atoms with Gasteiger partial charge in [-0.1, -0.05) is 30.3 Å². The highest BCUT2D eigenvalue weighted by Gasteiger charge is 2.32. The number of nitriles is 1. The summed E-state index contributed by atoms with van der Waals surface area (Å²) in [5, 5.41) is 9.96. The second kappa shape index (κ2) is 12.4. The summed E-state index contributed by atoms with van der Waals surface area (Å²) in [4.78, 5) is 12.8. The lowest BCUT2D eigenvalue weighted by molar-refractivity contribution is 0.0734. The maximum absolute atomic E-state index is 13.2. The van der Waals surface area contributed by atoms with Crippen molar-refractivity contribution < 1.29 is 32.9 Å². The van der Waals surface area contributed by atoms with Crippen LogP contribution in [0.3, 0.4) is 0 Å². The molecule has 1 unspecified atom stereocenters. The first-order valence-corrected chi connectivity index (χ1v) is 13.1. The third-order valence-corrected chi connectivity index (χ3v) is 6.61. The first-order chi connectivity index (χ1) is 20.4. The van der Waals surface area contributed by atoms with Gasteiger partial charge in [-0.15, -0.1) is 0 Å². The zero-order valence-corrected chi connectivity index (χ0v) is 22.9. The van der Waals surface area contributed by atoms with Gasteiger partial charge in [0.1, 0.15) is 41.3 Å². The maximum atomic E-state index is 13.2. The predicted octanol–water partition coefficient (Wildman–Crippen LogP) is 6.25. The molecule has 0 spiro atoms. The van der Waals surface area contributed by atoms with Crippen LogP contribution >= 0.6 is 0 Å². The van der Waals surface area contributed by atoms with Crippen molar-refractivity contribution in [3.63, 3.8) is 0 Å². The number of hydrogen-bond acceptors (Lipinski definition) is 8. The van der Waals surface area contributed by atoms with Crippen LogP contribution in [0.4, 0.5) is 4.39 Å². The number of benzene rings is 4. The second-order valence-electron chi connectivity index (χ2n) is 9.30. The van der Waals surface area contributed by atoms with E-state index in [2.05, 4.69) is 6.07 Å². The average Bonchev–Trinajstić information content (AvgIpc) is 3.00. The molecule has 5 rings (SSSR count). The molecule has 8 nitrogen and oxygen atoms in total. The number of hydrogen-bond donors (Lipinski definition) is 1. The summed E-state index contributed by atoms with van der Waals surface area (Å²) in [6.07, 6.45) is 0. The molecule has 0 aliphatic carbocycles. The molecular formula is C33H27FN2O6. The highest BCUT2D eigenvalue weighted by atomic mass is 19.1. The van der Waals surface area contributed by atoms with E-state index < -0.39 is 11.9 Å². The van der Waals surface area contributed by atoms with Crippen molar-refractivity contribution in [3.8, 4) is 34.8 Å². The minimum Gasteiger partial charge on any atom is -0.494 e. The molecule has 0 fully saturated rings. The molecule has 1 heterocycles. The van der Waals surface area contributed by atoms with Gasteiger partial charge in [0.2, 0.25) is 5.88 Å². The smallest absolute Gasteiger partial charge is 0.343 e. The van der Waals surface area contributed by atoms with Gasteiger partial charge in [0.15, 0.2) is 11.5 Å². The normalized spacial score (nSPS) is 13.8. The Kier molecular flexibility index (Phi) is 8.25. The first kappa shape index (κ1) is 28.1. The molecule has 2 N–H and O–H groups in total. The van der Waals surface area contributed by atoms with Crippen molar-refractivity contribution >= 4 is 5.97 Å². The Morgan fingerprint density at radius 3 is 2.52 bits per heavy atom.